The third-order valence-corrected chi connectivity index (χ3v) is 5.33. The molecule has 19 heavy (non-hydrogen) atoms. The first-order chi connectivity index (χ1) is 8.98. The van der Waals surface area contributed by atoms with Gasteiger partial charge in [0.15, 0.2) is 0 Å². The van der Waals surface area contributed by atoms with E-state index in [0.717, 1.165) is 11.0 Å². The summed E-state index contributed by atoms with van der Waals surface area (Å²) in [6.45, 7) is 7.13. The van der Waals surface area contributed by atoms with Gasteiger partial charge in [0, 0.05) is 5.56 Å². The minimum Gasteiger partial charge on any atom is -0.292 e. The molecule has 102 valence electrons. The highest BCUT2D eigenvalue weighted by Gasteiger charge is 2.46. The molecular formula is C16H22N2S. The van der Waals surface area contributed by atoms with Crippen LogP contribution in [0.3, 0.4) is 0 Å². The van der Waals surface area contributed by atoms with E-state index in [-0.39, 0.29) is 4.87 Å². The lowest BCUT2D eigenvalue weighted by Gasteiger charge is -2.44. The minimum atomic E-state index is 0.117. The Hall–Kier alpha value is -0.960. The summed E-state index contributed by atoms with van der Waals surface area (Å²) in [6.07, 6.45) is 3.72. The molecule has 0 radical (unpaired) electrons. The van der Waals surface area contributed by atoms with Crippen molar-refractivity contribution in [3.05, 3.63) is 35.9 Å². The predicted octanol–water partition coefficient (Wildman–Crippen LogP) is 4.23. The molecule has 2 atom stereocenters. The number of rotatable bonds is 1. The van der Waals surface area contributed by atoms with Crippen LogP contribution in [0.1, 0.15) is 45.6 Å². The molecule has 0 amide bonds. The van der Waals surface area contributed by atoms with E-state index < -0.39 is 0 Å². The second-order valence-electron chi connectivity index (χ2n) is 6.85. The van der Waals surface area contributed by atoms with Crippen LogP contribution in [0.2, 0.25) is 0 Å². The largest absolute Gasteiger partial charge is 0.292 e. The normalized spacial score (nSPS) is 33.0. The Morgan fingerprint density at radius 2 is 1.95 bits per heavy atom. The summed E-state index contributed by atoms with van der Waals surface area (Å²) < 4.78 is 0. The van der Waals surface area contributed by atoms with Gasteiger partial charge in [0.2, 0.25) is 0 Å². The van der Waals surface area contributed by atoms with Gasteiger partial charge >= 0.3 is 0 Å². The van der Waals surface area contributed by atoms with E-state index in [1.54, 1.807) is 0 Å². The highest BCUT2D eigenvalue weighted by Crippen LogP contribution is 2.51. The van der Waals surface area contributed by atoms with Crippen molar-refractivity contribution in [2.75, 3.05) is 0 Å². The smallest absolute Gasteiger partial charge is 0.126 e. The summed E-state index contributed by atoms with van der Waals surface area (Å²) >= 11 is 1.93. The number of nitrogens with one attached hydrogen (secondary N) is 1. The van der Waals surface area contributed by atoms with E-state index in [1.165, 1.54) is 24.8 Å². The molecule has 0 unspecified atom stereocenters. The molecule has 3 rings (SSSR count). The maximum atomic E-state index is 4.61. The molecule has 1 fully saturated rings. The zero-order chi connectivity index (χ0) is 13.5. The highest BCUT2D eigenvalue weighted by atomic mass is 32.2. The van der Waals surface area contributed by atoms with Crippen LogP contribution in [0.25, 0.3) is 0 Å². The average molecular weight is 274 g/mol. The molecule has 1 saturated carbocycles. The van der Waals surface area contributed by atoms with Crippen LogP contribution in [0.15, 0.2) is 35.4 Å². The Kier molecular flexibility index (Phi) is 3.12. The first-order valence-electron chi connectivity index (χ1n) is 7.07. The van der Waals surface area contributed by atoms with Crippen LogP contribution < -0.4 is 5.43 Å². The maximum absolute atomic E-state index is 4.61. The monoisotopic (exact) mass is 274 g/mol. The molecule has 2 nitrogen and oxygen atoms in total. The molecule has 1 aliphatic heterocycles. The van der Waals surface area contributed by atoms with Gasteiger partial charge in [0.05, 0.1) is 0 Å². The highest BCUT2D eigenvalue weighted by molar-refractivity contribution is 8.15. The van der Waals surface area contributed by atoms with Crippen LogP contribution in [-0.2, 0) is 0 Å². The summed E-state index contributed by atoms with van der Waals surface area (Å²) in [7, 11) is 0. The number of thioether (sulfide) groups is 1. The lowest BCUT2D eigenvalue weighted by Crippen LogP contribution is -2.46. The van der Waals surface area contributed by atoms with Gasteiger partial charge in [0.1, 0.15) is 9.91 Å². The standard InChI is InChI=1S/C16H22N2S/c1-12-9-15(2,3)11-16(10-12)18-17-14(19-16)13-7-5-4-6-8-13/h4-8,12,18H,9-11H2,1-3H3/t12-,16-/m1/s1. The maximum Gasteiger partial charge on any atom is 0.126 e. The zero-order valence-corrected chi connectivity index (χ0v) is 12.8. The fourth-order valence-corrected chi connectivity index (χ4v) is 5.38. The zero-order valence-electron chi connectivity index (χ0n) is 11.9. The van der Waals surface area contributed by atoms with Gasteiger partial charge in [-0.2, -0.15) is 5.10 Å². The molecule has 1 heterocycles. The molecule has 1 aromatic rings. The number of benzene rings is 1. The summed E-state index contributed by atoms with van der Waals surface area (Å²) in [6, 6.07) is 10.5. The van der Waals surface area contributed by atoms with Crippen LogP contribution in [0.5, 0.6) is 0 Å². The Morgan fingerprint density at radius 3 is 2.63 bits per heavy atom. The lowest BCUT2D eigenvalue weighted by atomic mass is 9.70. The lowest BCUT2D eigenvalue weighted by molar-refractivity contribution is 0.137. The summed E-state index contributed by atoms with van der Waals surface area (Å²) in [5.41, 5.74) is 5.09. The van der Waals surface area contributed by atoms with Crippen LogP contribution in [-0.4, -0.2) is 9.91 Å². The van der Waals surface area contributed by atoms with Crippen molar-refractivity contribution in [1.82, 2.24) is 5.43 Å². The molecule has 3 heteroatoms. The third kappa shape index (κ3) is 2.66. The van der Waals surface area contributed by atoms with Crippen LogP contribution >= 0.6 is 11.8 Å². The number of hydrogen-bond acceptors (Lipinski definition) is 3. The number of nitrogens with zero attached hydrogens (tertiary/aromatic N) is 1. The van der Waals surface area contributed by atoms with E-state index in [4.69, 9.17) is 0 Å². The fourth-order valence-electron chi connectivity index (χ4n) is 3.75. The molecule has 1 aromatic carbocycles. The molecule has 1 aliphatic carbocycles. The molecular weight excluding hydrogens is 252 g/mol. The molecule has 1 N–H and O–H groups in total. The van der Waals surface area contributed by atoms with Gasteiger partial charge in [0.25, 0.3) is 0 Å². The van der Waals surface area contributed by atoms with E-state index in [2.05, 4.69) is 61.6 Å². The first kappa shape index (κ1) is 13.0. The van der Waals surface area contributed by atoms with Gasteiger partial charge in [-0.1, -0.05) is 62.9 Å². The Morgan fingerprint density at radius 1 is 1.21 bits per heavy atom. The fraction of sp³-hybridized carbons (Fsp3) is 0.562. The molecule has 0 bridgehead atoms. The van der Waals surface area contributed by atoms with Crippen molar-refractivity contribution >= 4 is 16.8 Å². The number of hydrogen-bond donors (Lipinski definition) is 1. The van der Waals surface area contributed by atoms with Gasteiger partial charge in [-0.25, -0.2) is 0 Å². The van der Waals surface area contributed by atoms with Gasteiger partial charge in [-0.05, 0) is 30.6 Å². The Bertz CT molecular complexity index is 495. The Labute approximate surface area is 120 Å². The van der Waals surface area contributed by atoms with E-state index in [0.29, 0.717) is 5.41 Å². The quantitative estimate of drug-likeness (QED) is 0.829. The number of hydrazone groups is 1. The van der Waals surface area contributed by atoms with Crippen LogP contribution in [0, 0.1) is 11.3 Å². The minimum absolute atomic E-state index is 0.117. The van der Waals surface area contributed by atoms with Crippen LogP contribution in [0.4, 0.5) is 0 Å². The van der Waals surface area contributed by atoms with E-state index in [9.17, 15) is 0 Å². The van der Waals surface area contributed by atoms with Crippen molar-refractivity contribution in [2.45, 2.75) is 44.9 Å². The van der Waals surface area contributed by atoms with E-state index in [1.807, 2.05) is 11.8 Å². The first-order valence-corrected chi connectivity index (χ1v) is 7.89. The molecule has 1 spiro atoms. The van der Waals surface area contributed by atoms with Crippen molar-refractivity contribution in [1.29, 1.82) is 0 Å². The predicted molar refractivity (Wildman–Crippen MR) is 83.2 cm³/mol. The topological polar surface area (TPSA) is 24.4 Å². The summed E-state index contributed by atoms with van der Waals surface area (Å²) in [4.78, 5) is 0.117. The second-order valence-corrected chi connectivity index (χ2v) is 8.22. The third-order valence-electron chi connectivity index (χ3n) is 4.02. The van der Waals surface area contributed by atoms with Gasteiger partial charge < -0.3 is 0 Å². The van der Waals surface area contributed by atoms with Gasteiger partial charge in [-0.3, -0.25) is 5.43 Å². The summed E-state index contributed by atoms with van der Waals surface area (Å²) in [5, 5.41) is 5.76. The second kappa shape index (κ2) is 4.55. The van der Waals surface area contributed by atoms with Crippen molar-refractivity contribution in [3.63, 3.8) is 0 Å². The van der Waals surface area contributed by atoms with Crippen molar-refractivity contribution in [3.8, 4) is 0 Å². The van der Waals surface area contributed by atoms with Crippen molar-refractivity contribution < 1.29 is 0 Å². The average Bonchev–Trinajstić information content (AvgIpc) is 2.70. The van der Waals surface area contributed by atoms with E-state index >= 15 is 0 Å². The molecule has 2 aliphatic rings. The molecule has 0 aromatic heterocycles. The Balaban J connectivity index is 1.80. The van der Waals surface area contributed by atoms with Crippen molar-refractivity contribution in [2.24, 2.45) is 16.4 Å². The van der Waals surface area contributed by atoms with Gasteiger partial charge in [-0.15, -0.1) is 0 Å². The summed E-state index contributed by atoms with van der Waals surface area (Å²) in [5.74, 6) is 0.758. The molecule has 0 saturated heterocycles. The SMILES string of the molecule is C[C@@H]1CC(C)(C)C[C@]2(C1)NN=C(c1ccccc1)S2.